The van der Waals surface area contributed by atoms with E-state index < -0.39 is 16.1 Å². The predicted molar refractivity (Wildman–Crippen MR) is 136 cm³/mol. The molecule has 2 N–H and O–H groups in total. The minimum absolute atomic E-state index is 0.156. The highest BCUT2D eigenvalue weighted by atomic mass is 32.2. The molecule has 186 valence electrons. The van der Waals surface area contributed by atoms with Crippen LogP contribution in [0.1, 0.15) is 37.0 Å². The summed E-state index contributed by atoms with van der Waals surface area (Å²) >= 11 is 0. The zero-order chi connectivity index (χ0) is 24.7. The lowest BCUT2D eigenvalue weighted by molar-refractivity contribution is -0.123. The molecular weight excluding hydrogens is 448 g/mol. The van der Waals surface area contributed by atoms with Crippen LogP contribution in [0.25, 0.3) is 0 Å². The molecule has 1 atom stereocenters. The molecule has 0 aromatic heterocycles. The Labute approximate surface area is 204 Å². The van der Waals surface area contributed by atoms with Crippen LogP contribution in [0.5, 0.6) is 0 Å². The Morgan fingerprint density at radius 1 is 1.00 bits per heavy atom. The number of hydrogen-bond donors (Lipinski definition) is 2. The average Bonchev–Trinajstić information content (AvgIpc) is 2.79. The highest BCUT2D eigenvalue weighted by Crippen LogP contribution is 2.14. The number of carbonyl (C=O) groups excluding carboxylic acids is 1. The summed E-state index contributed by atoms with van der Waals surface area (Å²) in [4.78, 5) is 17.9. The highest BCUT2D eigenvalue weighted by Gasteiger charge is 2.26. The first kappa shape index (κ1) is 26.3. The maximum atomic E-state index is 13.0. The van der Waals surface area contributed by atoms with E-state index in [1.807, 2.05) is 32.9 Å². The van der Waals surface area contributed by atoms with Crippen LogP contribution >= 0.6 is 0 Å². The number of benzene rings is 2. The second-order valence-corrected chi connectivity index (χ2v) is 11.4. The second-order valence-electron chi connectivity index (χ2n) is 9.73. The molecule has 0 spiro atoms. The lowest BCUT2D eigenvalue weighted by Gasteiger charge is -2.32. The molecule has 0 saturated carbocycles. The number of carbonyl (C=O) groups is 1. The summed E-state index contributed by atoms with van der Waals surface area (Å²) in [7, 11) is -1.65. The molecule has 1 aliphatic rings. The summed E-state index contributed by atoms with van der Waals surface area (Å²) < 4.78 is 28.4. The van der Waals surface area contributed by atoms with Gasteiger partial charge in [0.25, 0.3) is 0 Å². The normalized spacial score (nSPS) is 16.5. The van der Waals surface area contributed by atoms with Gasteiger partial charge in [-0.05, 0) is 49.6 Å². The standard InChI is InChI=1S/C26H38N4O3S/c1-20(2)16-25(28-34(32,33)24-10-8-21(3)9-11-24)26(31)27-18-22-6-5-7-23(17-22)19-30-14-12-29(4)13-15-30/h5-11,17,20,25,28H,12-16,18-19H2,1-4H3,(H,27,31). The van der Waals surface area contributed by atoms with Gasteiger partial charge < -0.3 is 10.2 Å². The fraction of sp³-hybridized carbons (Fsp3) is 0.500. The third kappa shape index (κ3) is 7.91. The Kier molecular flexibility index (Phi) is 9.24. The number of nitrogens with zero attached hydrogens (tertiary/aromatic N) is 2. The van der Waals surface area contributed by atoms with Gasteiger partial charge in [-0.2, -0.15) is 4.72 Å². The van der Waals surface area contributed by atoms with Crippen molar-refractivity contribution in [2.24, 2.45) is 5.92 Å². The Balaban J connectivity index is 1.61. The van der Waals surface area contributed by atoms with Gasteiger partial charge in [-0.1, -0.05) is 55.8 Å². The fourth-order valence-electron chi connectivity index (χ4n) is 4.07. The van der Waals surface area contributed by atoms with Gasteiger partial charge in [0, 0.05) is 39.3 Å². The molecule has 1 unspecified atom stereocenters. The summed E-state index contributed by atoms with van der Waals surface area (Å²) in [5, 5.41) is 2.94. The molecule has 0 aliphatic carbocycles. The Hall–Kier alpha value is -2.26. The zero-order valence-corrected chi connectivity index (χ0v) is 21.6. The first-order valence-electron chi connectivity index (χ1n) is 12.0. The quantitative estimate of drug-likeness (QED) is 0.540. The SMILES string of the molecule is Cc1ccc(S(=O)(=O)NC(CC(C)C)C(=O)NCc2cccc(CN3CCN(C)CC3)c2)cc1. The number of amides is 1. The maximum Gasteiger partial charge on any atom is 0.241 e. The molecule has 1 saturated heterocycles. The minimum atomic E-state index is -3.80. The molecule has 1 amide bonds. The summed E-state index contributed by atoms with van der Waals surface area (Å²) in [5.41, 5.74) is 3.20. The van der Waals surface area contributed by atoms with E-state index in [0.717, 1.165) is 43.9 Å². The fourth-order valence-corrected chi connectivity index (χ4v) is 5.28. The molecule has 1 heterocycles. The van der Waals surface area contributed by atoms with Crippen molar-refractivity contribution in [3.05, 3.63) is 65.2 Å². The van der Waals surface area contributed by atoms with E-state index in [0.29, 0.717) is 13.0 Å². The van der Waals surface area contributed by atoms with Crippen molar-refractivity contribution in [3.8, 4) is 0 Å². The Bertz CT molecular complexity index is 1050. The summed E-state index contributed by atoms with van der Waals surface area (Å²) in [6.45, 7) is 11.4. The lowest BCUT2D eigenvalue weighted by atomic mass is 10.0. The number of nitrogens with one attached hydrogen (secondary N) is 2. The van der Waals surface area contributed by atoms with Gasteiger partial charge in [0.1, 0.15) is 6.04 Å². The number of sulfonamides is 1. The highest BCUT2D eigenvalue weighted by molar-refractivity contribution is 7.89. The topological polar surface area (TPSA) is 81.7 Å². The summed E-state index contributed by atoms with van der Waals surface area (Å²) in [5.74, 6) is -0.155. The second kappa shape index (κ2) is 11.9. The van der Waals surface area contributed by atoms with E-state index in [1.54, 1.807) is 24.3 Å². The van der Waals surface area contributed by atoms with Crippen molar-refractivity contribution in [1.29, 1.82) is 0 Å². The number of rotatable bonds is 10. The minimum Gasteiger partial charge on any atom is -0.351 e. The van der Waals surface area contributed by atoms with Gasteiger partial charge in [-0.15, -0.1) is 0 Å². The van der Waals surface area contributed by atoms with Gasteiger partial charge in [-0.25, -0.2) is 8.42 Å². The third-order valence-electron chi connectivity index (χ3n) is 6.11. The Morgan fingerprint density at radius 3 is 2.29 bits per heavy atom. The first-order valence-corrected chi connectivity index (χ1v) is 13.5. The van der Waals surface area contributed by atoms with Crippen LogP contribution in [0.4, 0.5) is 0 Å². The van der Waals surface area contributed by atoms with E-state index in [9.17, 15) is 13.2 Å². The molecule has 1 fully saturated rings. The summed E-state index contributed by atoms with van der Waals surface area (Å²) in [6.07, 6.45) is 0.417. The van der Waals surface area contributed by atoms with Crippen molar-refractivity contribution in [3.63, 3.8) is 0 Å². The van der Waals surface area contributed by atoms with Crippen LogP contribution in [0.3, 0.4) is 0 Å². The van der Waals surface area contributed by atoms with E-state index in [-0.39, 0.29) is 16.7 Å². The molecule has 2 aromatic rings. The van der Waals surface area contributed by atoms with Crippen molar-refractivity contribution in [2.75, 3.05) is 33.2 Å². The maximum absolute atomic E-state index is 13.0. The molecule has 0 bridgehead atoms. The van der Waals surface area contributed by atoms with Gasteiger partial charge in [0.05, 0.1) is 4.90 Å². The van der Waals surface area contributed by atoms with Crippen LogP contribution in [-0.4, -0.2) is 63.4 Å². The average molecular weight is 487 g/mol. The van der Waals surface area contributed by atoms with Crippen LogP contribution < -0.4 is 10.0 Å². The molecule has 2 aromatic carbocycles. The van der Waals surface area contributed by atoms with Crippen LogP contribution in [0.15, 0.2) is 53.4 Å². The van der Waals surface area contributed by atoms with Crippen LogP contribution in [0.2, 0.25) is 0 Å². The van der Waals surface area contributed by atoms with E-state index in [2.05, 4.69) is 39.0 Å². The number of likely N-dealkylation sites (N-methyl/N-ethyl adjacent to an activating group) is 1. The lowest BCUT2D eigenvalue weighted by Crippen LogP contribution is -2.47. The number of piperazine rings is 1. The monoisotopic (exact) mass is 486 g/mol. The number of hydrogen-bond acceptors (Lipinski definition) is 5. The molecular formula is C26H38N4O3S. The van der Waals surface area contributed by atoms with Gasteiger partial charge in [0.15, 0.2) is 0 Å². The Morgan fingerprint density at radius 2 is 1.65 bits per heavy atom. The smallest absolute Gasteiger partial charge is 0.241 e. The van der Waals surface area contributed by atoms with Gasteiger partial charge in [0.2, 0.25) is 15.9 Å². The van der Waals surface area contributed by atoms with Crippen molar-refractivity contribution < 1.29 is 13.2 Å². The number of aryl methyl sites for hydroxylation is 1. The van der Waals surface area contributed by atoms with Crippen LogP contribution in [0, 0.1) is 12.8 Å². The molecule has 1 aliphatic heterocycles. The molecule has 34 heavy (non-hydrogen) atoms. The van der Waals surface area contributed by atoms with E-state index in [4.69, 9.17) is 0 Å². The first-order chi connectivity index (χ1) is 16.1. The van der Waals surface area contributed by atoms with E-state index >= 15 is 0 Å². The van der Waals surface area contributed by atoms with Crippen molar-refractivity contribution >= 4 is 15.9 Å². The van der Waals surface area contributed by atoms with E-state index in [1.165, 1.54) is 5.56 Å². The van der Waals surface area contributed by atoms with Crippen molar-refractivity contribution in [2.45, 2.75) is 51.2 Å². The van der Waals surface area contributed by atoms with Gasteiger partial charge in [-0.3, -0.25) is 9.69 Å². The van der Waals surface area contributed by atoms with Crippen LogP contribution in [-0.2, 0) is 27.9 Å². The van der Waals surface area contributed by atoms with Gasteiger partial charge >= 0.3 is 0 Å². The molecule has 8 heteroatoms. The molecule has 0 radical (unpaired) electrons. The largest absolute Gasteiger partial charge is 0.351 e. The summed E-state index contributed by atoms with van der Waals surface area (Å²) in [6, 6.07) is 14.0. The molecule has 7 nitrogen and oxygen atoms in total. The van der Waals surface area contributed by atoms with Crippen molar-refractivity contribution in [1.82, 2.24) is 19.8 Å². The third-order valence-corrected chi connectivity index (χ3v) is 7.60. The zero-order valence-electron chi connectivity index (χ0n) is 20.8. The molecule has 3 rings (SSSR count). The predicted octanol–water partition coefficient (Wildman–Crippen LogP) is 2.75.